The van der Waals surface area contributed by atoms with Crippen molar-refractivity contribution < 1.29 is 50.9 Å². The number of hydrogen-bond acceptors (Lipinski definition) is 6. The van der Waals surface area contributed by atoms with Crippen molar-refractivity contribution in [1.82, 2.24) is 19.7 Å². The van der Waals surface area contributed by atoms with E-state index in [0.29, 0.717) is 5.92 Å². The molecule has 1 aliphatic heterocycles. The lowest BCUT2D eigenvalue weighted by molar-refractivity contribution is -0.193. The van der Waals surface area contributed by atoms with Gasteiger partial charge in [0.05, 0.1) is 12.8 Å². The largest absolute Gasteiger partial charge is 0.490 e. The standard InChI is InChI=1S/C21H30N4O.2C2HF3O2/c1-2-26-16-20-15-24(12-18-8-5-9-22-10-18)14-19-11-23-25(21(19)20)13-17-6-3-4-7-17;2*3-2(4,5)1(6)7/h5,8-11,17,20H,2-4,6-7,12-16H2,1H3;2*(H,6,7). The van der Waals surface area contributed by atoms with Crippen LogP contribution in [0.4, 0.5) is 26.3 Å². The molecule has 1 atom stereocenters. The molecule has 2 aromatic rings. The van der Waals surface area contributed by atoms with Gasteiger partial charge in [-0.05, 0) is 37.3 Å². The van der Waals surface area contributed by atoms with Gasteiger partial charge >= 0.3 is 24.3 Å². The number of nitrogens with zero attached hydrogens (tertiary/aromatic N) is 4. The molecule has 0 radical (unpaired) electrons. The van der Waals surface area contributed by atoms with Crippen molar-refractivity contribution in [2.24, 2.45) is 5.92 Å². The van der Waals surface area contributed by atoms with Gasteiger partial charge in [-0.3, -0.25) is 14.6 Å². The zero-order chi connectivity index (χ0) is 29.9. The van der Waals surface area contributed by atoms with Crippen LogP contribution in [0.25, 0.3) is 0 Å². The maximum atomic E-state index is 10.6. The van der Waals surface area contributed by atoms with Crippen molar-refractivity contribution in [3.8, 4) is 0 Å². The summed E-state index contributed by atoms with van der Waals surface area (Å²) in [7, 11) is 0. The minimum atomic E-state index is -5.08. The summed E-state index contributed by atoms with van der Waals surface area (Å²) in [5.41, 5.74) is 4.07. The SMILES string of the molecule is CCOCC1CN(Cc2cccnc2)Cc2cnn(CC3CCCC3)c21.O=C(O)C(F)(F)F.O=C(O)C(F)(F)F. The van der Waals surface area contributed by atoms with Crippen molar-refractivity contribution in [2.75, 3.05) is 19.8 Å². The van der Waals surface area contributed by atoms with Crippen LogP contribution in [-0.2, 0) is 34.0 Å². The minimum absolute atomic E-state index is 0.402. The maximum absolute atomic E-state index is 10.6. The fraction of sp³-hybridized carbons (Fsp3) is 0.600. The number of alkyl halides is 6. The summed E-state index contributed by atoms with van der Waals surface area (Å²) in [5.74, 6) is -4.31. The molecule has 0 amide bonds. The number of ether oxygens (including phenoxy) is 1. The van der Waals surface area contributed by atoms with Crippen molar-refractivity contribution in [3.63, 3.8) is 0 Å². The number of carboxylic acid groups (broad SMARTS) is 2. The molecule has 40 heavy (non-hydrogen) atoms. The molecule has 0 saturated heterocycles. The average molecular weight is 583 g/mol. The Labute approximate surface area is 226 Å². The summed E-state index contributed by atoms with van der Waals surface area (Å²) in [6.07, 6.45) is 1.22. The van der Waals surface area contributed by atoms with E-state index in [9.17, 15) is 26.3 Å². The topological polar surface area (TPSA) is 118 Å². The fourth-order valence-corrected chi connectivity index (χ4v) is 4.58. The van der Waals surface area contributed by atoms with Crippen molar-refractivity contribution in [2.45, 2.75) is 70.5 Å². The first-order chi connectivity index (χ1) is 18.7. The number of halogens is 6. The predicted molar refractivity (Wildman–Crippen MR) is 129 cm³/mol. The van der Waals surface area contributed by atoms with E-state index in [1.807, 2.05) is 18.5 Å². The predicted octanol–water partition coefficient (Wildman–Crippen LogP) is 4.87. The minimum Gasteiger partial charge on any atom is -0.475 e. The van der Waals surface area contributed by atoms with Crippen LogP contribution in [0.1, 0.15) is 55.3 Å². The highest BCUT2D eigenvalue weighted by Gasteiger charge is 2.39. The van der Waals surface area contributed by atoms with Gasteiger partial charge in [0.2, 0.25) is 0 Å². The van der Waals surface area contributed by atoms with Gasteiger partial charge in [0, 0.05) is 62.4 Å². The van der Waals surface area contributed by atoms with Gasteiger partial charge in [0.15, 0.2) is 0 Å². The molecule has 4 rings (SSSR count). The molecule has 1 unspecified atom stereocenters. The van der Waals surface area contributed by atoms with Crippen LogP contribution < -0.4 is 0 Å². The molecule has 0 aromatic carbocycles. The molecule has 15 heteroatoms. The number of pyridine rings is 1. The number of carbonyl (C=O) groups is 2. The highest BCUT2D eigenvalue weighted by molar-refractivity contribution is 5.73. The molecule has 224 valence electrons. The summed E-state index contributed by atoms with van der Waals surface area (Å²) < 4.78 is 71.6. The molecule has 2 N–H and O–H groups in total. The van der Waals surface area contributed by atoms with Gasteiger partial charge in [-0.25, -0.2) is 9.59 Å². The van der Waals surface area contributed by atoms with E-state index in [0.717, 1.165) is 45.3 Å². The first-order valence-corrected chi connectivity index (χ1v) is 12.6. The van der Waals surface area contributed by atoms with Gasteiger partial charge in [-0.2, -0.15) is 31.4 Å². The first-order valence-electron chi connectivity index (χ1n) is 12.6. The Morgan fingerprint density at radius 3 is 2.15 bits per heavy atom. The Morgan fingerprint density at radius 1 is 1.05 bits per heavy atom. The van der Waals surface area contributed by atoms with Crippen LogP contribution >= 0.6 is 0 Å². The number of fused-ring (bicyclic) bond motifs is 1. The third-order valence-electron chi connectivity index (χ3n) is 6.26. The second kappa shape index (κ2) is 15.0. The van der Waals surface area contributed by atoms with Crippen molar-refractivity contribution in [1.29, 1.82) is 0 Å². The van der Waals surface area contributed by atoms with E-state index in [1.165, 1.54) is 42.5 Å². The van der Waals surface area contributed by atoms with Gasteiger partial charge in [-0.15, -0.1) is 0 Å². The molecule has 9 nitrogen and oxygen atoms in total. The molecular weight excluding hydrogens is 550 g/mol. The number of aromatic nitrogens is 3. The molecule has 2 aliphatic rings. The zero-order valence-electron chi connectivity index (χ0n) is 21.8. The molecule has 1 aliphatic carbocycles. The van der Waals surface area contributed by atoms with E-state index in [-0.39, 0.29) is 0 Å². The highest BCUT2D eigenvalue weighted by atomic mass is 19.4. The van der Waals surface area contributed by atoms with Crippen LogP contribution in [0.2, 0.25) is 0 Å². The first kappa shape index (κ1) is 33.0. The summed E-state index contributed by atoms with van der Waals surface area (Å²) in [6.45, 7) is 7.64. The molecule has 0 bridgehead atoms. The Bertz CT molecular complexity index is 1050. The van der Waals surface area contributed by atoms with E-state index in [4.69, 9.17) is 29.6 Å². The lowest BCUT2D eigenvalue weighted by Crippen LogP contribution is -2.36. The van der Waals surface area contributed by atoms with Crippen LogP contribution in [0.5, 0.6) is 0 Å². The Hall–Kier alpha value is -3.20. The van der Waals surface area contributed by atoms with Crippen molar-refractivity contribution in [3.05, 3.63) is 47.5 Å². The lowest BCUT2D eigenvalue weighted by Gasteiger charge is -2.33. The molecule has 1 fully saturated rings. The second-order valence-electron chi connectivity index (χ2n) is 9.38. The van der Waals surface area contributed by atoms with Crippen LogP contribution in [0.3, 0.4) is 0 Å². The molecule has 0 spiro atoms. The summed E-state index contributed by atoms with van der Waals surface area (Å²) >= 11 is 0. The average Bonchev–Trinajstić information content (AvgIpc) is 3.53. The van der Waals surface area contributed by atoms with E-state index in [2.05, 4.69) is 33.8 Å². The summed E-state index contributed by atoms with van der Waals surface area (Å²) in [4.78, 5) is 24.6. The Morgan fingerprint density at radius 2 is 1.65 bits per heavy atom. The Balaban J connectivity index is 0.000000333. The monoisotopic (exact) mass is 582 g/mol. The third-order valence-corrected chi connectivity index (χ3v) is 6.26. The number of hydrogen-bond donors (Lipinski definition) is 2. The normalized spacial score (nSPS) is 17.7. The smallest absolute Gasteiger partial charge is 0.475 e. The quantitative estimate of drug-likeness (QED) is 0.444. The number of aliphatic carboxylic acids is 2. The Kier molecular flexibility index (Phi) is 12.4. The molecule has 3 heterocycles. The molecule has 1 saturated carbocycles. The van der Waals surface area contributed by atoms with Gasteiger partial charge in [0.1, 0.15) is 0 Å². The van der Waals surface area contributed by atoms with Crippen LogP contribution in [-0.4, -0.2) is 73.9 Å². The van der Waals surface area contributed by atoms with Crippen LogP contribution in [0.15, 0.2) is 30.7 Å². The van der Waals surface area contributed by atoms with Crippen molar-refractivity contribution >= 4 is 11.9 Å². The zero-order valence-corrected chi connectivity index (χ0v) is 21.8. The van der Waals surface area contributed by atoms with Gasteiger partial charge in [0.25, 0.3) is 0 Å². The third kappa shape index (κ3) is 10.8. The molecule has 2 aromatic heterocycles. The molecular formula is C25H32F6N4O5. The van der Waals surface area contributed by atoms with Gasteiger partial charge < -0.3 is 14.9 Å². The van der Waals surface area contributed by atoms with E-state index in [1.54, 1.807) is 0 Å². The second-order valence-corrected chi connectivity index (χ2v) is 9.38. The summed E-state index contributed by atoms with van der Waals surface area (Å²) in [6, 6.07) is 4.17. The lowest BCUT2D eigenvalue weighted by atomic mass is 9.96. The summed E-state index contributed by atoms with van der Waals surface area (Å²) in [5, 5.41) is 19.0. The van der Waals surface area contributed by atoms with Crippen LogP contribution in [0, 0.1) is 5.92 Å². The maximum Gasteiger partial charge on any atom is 0.490 e. The number of rotatable bonds is 7. The van der Waals surface area contributed by atoms with E-state index >= 15 is 0 Å². The fourth-order valence-electron chi connectivity index (χ4n) is 4.58. The van der Waals surface area contributed by atoms with E-state index < -0.39 is 24.3 Å². The highest BCUT2D eigenvalue weighted by Crippen LogP contribution is 2.32. The number of carboxylic acids is 2. The van der Waals surface area contributed by atoms with Gasteiger partial charge in [-0.1, -0.05) is 18.9 Å².